The number of carbonyl (C=O) groups is 3. The Morgan fingerprint density at radius 1 is 1.04 bits per heavy atom. The molecule has 0 aliphatic carbocycles. The summed E-state index contributed by atoms with van der Waals surface area (Å²) in [6, 6.07) is -0.656. The average molecular weight is 329 g/mol. The molecule has 0 bridgehead atoms. The third kappa shape index (κ3) is 4.19. The minimum absolute atomic E-state index is 0.170. The lowest BCUT2D eigenvalue weighted by Crippen LogP contribution is -2.60. The molecule has 1 fully saturated rings. The van der Waals surface area contributed by atoms with Gasteiger partial charge in [0.2, 0.25) is 6.29 Å². The zero-order valence-corrected chi connectivity index (χ0v) is 13.3. The number of hydrogen-bond donors (Lipinski definition) is 0. The predicted molar refractivity (Wildman–Crippen MR) is 74.4 cm³/mol. The number of nitrogens with zero attached hydrogens (tertiary/aromatic N) is 1. The van der Waals surface area contributed by atoms with Gasteiger partial charge in [0.1, 0.15) is 12.7 Å². The van der Waals surface area contributed by atoms with Crippen molar-refractivity contribution in [3.8, 4) is 0 Å². The Morgan fingerprint density at radius 2 is 1.65 bits per heavy atom. The van der Waals surface area contributed by atoms with Crippen LogP contribution in [-0.2, 0) is 38.1 Å². The molecule has 0 saturated carbocycles. The summed E-state index contributed by atoms with van der Waals surface area (Å²) in [6.45, 7) is 5.17. The van der Waals surface area contributed by atoms with Crippen LogP contribution in [0.15, 0.2) is 4.99 Å². The van der Waals surface area contributed by atoms with Crippen molar-refractivity contribution >= 4 is 23.8 Å². The Balaban J connectivity index is 2.26. The molecule has 1 saturated heterocycles. The number of hydrogen-bond acceptors (Lipinski definition) is 9. The minimum atomic E-state index is -0.963. The molecule has 23 heavy (non-hydrogen) atoms. The van der Waals surface area contributed by atoms with Crippen LogP contribution in [0.25, 0.3) is 0 Å². The summed E-state index contributed by atoms with van der Waals surface area (Å²) in [5.74, 6) is -1.28. The van der Waals surface area contributed by atoms with Gasteiger partial charge in [-0.05, 0) is 0 Å². The maximum atomic E-state index is 11.4. The zero-order chi connectivity index (χ0) is 17.1. The third-order valence-corrected chi connectivity index (χ3v) is 3.29. The van der Waals surface area contributed by atoms with Gasteiger partial charge in [0.25, 0.3) is 0 Å². The van der Waals surface area contributed by atoms with E-state index < -0.39 is 48.6 Å². The molecule has 0 aromatic carbocycles. The number of carbonyl (C=O) groups excluding carboxylic acids is 3. The largest absolute Gasteiger partial charge is 0.463 e. The van der Waals surface area contributed by atoms with Gasteiger partial charge < -0.3 is 23.7 Å². The van der Waals surface area contributed by atoms with Gasteiger partial charge in [-0.1, -0.05) is 0 Å². The van der Waals surface area contributed by atoms with E-state index in [2.05, 4.69) is 4.99 Å². The monoisotopic (exact) mass is 329 g/mol. The van der Waals surface area contributed by atoms with E-state index in [1.54, 1.807) is 6.92 Å². The van der Waals surface area contributed by atoms with E-state index in [1.165, 1.54) is 20.8 Å². The summed E-state index contributed by atoms with van der Waals surface area (Å²) in [6.07, 6.45) is -3.50. The molecule has 0 radical (unpaired) electrons. The van der Waals surface area contributed by atoms with Crippen LogP contribution in [0.3, 0.4) is 0 Å². The molecule has 0 spiro atoms. The first-order valence-corrected chi connectivity index (χ1v) is 7.12. The highest BCUT2D eigenvalue weighted by Crippen LogP contribution is 2.32. The number of rotatable bonds is 4. The second-order valence-corrected chi connectivity index (χ2v) is 5.25. The van der Waals surface area contributed by atoms with Crippen molar-refractivity contribution < 1.29 is 38.1 Å². The summed E-state index contributed by atoms with van der Waals surface area (Å²) < 4.78 is 26.5. The van der Waals surface area contributed by atoms with Gasteiger partial charge in [0, 0.05) is 27.7 Å². The lowest BCUT2D eigenvalue weighted by molar-refractivity contribution is -0.249. The Labute approximate surface area is 132 Å². The SMILES string of the molecule is CC(=O)OC[C@H]1O[C@H]2OC(C)=N[C@@H]2[C@H](OC(C)=O)[C@@H]1OC(C)=O. The maximum absolute atomic E-state index is 11.4. The summed E-state index contributed by atoms with van der Waals surface area (Å²) in [5.41, 5.74) is 0. The number of aliphatic imine (C=N–C) groups is 1. The molecule has 9 heteroatoms. The van der Waals surface area contributed by atoms with E-state index in [4.69, 9.17) is 23.7 Å². The van der Waals surface area contributed by atoms with Gasteiger partial charge in [-0.3, -0.25) is 14.4 Å². The Bertz CT molecular complexity index is 531. The molecule has 9 nitrogen and oxygen atoms in total. The Morgan fingerprint density at radius 3 is 2.22 bits per heavy atom. The molecular formula is C14H19NO8. The molecule has 2 aliphatic heterocycles. The van der Waals surface area contributed by atoms with Gasteiger partial charge in [0.15, 0.2) is 24.1 Å². The highest BCUT2D eigenvalue weighted by molar-refractivity contribution is 5.75. The molecule has 0 aromatic heterocycles. The molecule has 5 atom stereocenters. The highest BCUT2D eigenvalue weighted by Gasteiger charge is 2.53. The van der Waals surface area contributed by atoms with Crippen molar-refractivity contribution in [1.82, 2.24) is 0 Å². The van der Waals surface area contributed by atoms with Crippen LogP contribution >= 0.6 is 0 Å². The van der Waals surface area contributed by atoms with Crippen LogP contribution in [-0.4, -0.2) is 61.1 Å². The van der Waals surface area contributed by atoms with Gasteiger partial charge in [0.05, 0.1) is 0 Å². The number of ether oxygens (including phenoxy) is 5. The molecule has 0 unspecified atom stereocenters. The molecule has 0 amide bonds. The summed E-state index contributed by atoms with van der Waals surface area (Å²) >= 11 is 0. The van der Waals surface area contributed by atoms with Gasteiger partial charge in [-0.15, -0.1) is 0 Å². The van der Waals surface area contributed by atoms with Crippen molar-refractivity contribution in [2.75, 3.05) is 6.61 Å². The number of esters is 3. The Hall–Kier alpha value is -2.16. The third-order valence-electron chi connectivity index (χ3n) is 3.29. The summed E-state index contributed by atoms with van der Waals surface area (Å²) in [7, 11) is 0. The fourth-order valence-corrected chi connectivity index (χ4v) is 2.53. The molecule has 2 rings (SSSR count). The van der Waals surface area contributed by atoms with Gasteiger partial charge >= 0.3 is 17.9 Å². The second-order valence-electron chi connectivity index (χ2n) is 5.25. The van der Waals surface area contributed by atoms with Crippen LogP contribution < -0.4 is 0 Å². The van der Waals surface area contributed by atoms with Crippen LogP contribution in [0.5, 0.6) is 0 Å². The minimum Gasteiger partial charge on any atom is -0.463 e. The fraction of sp³-hybridized carbons (Fsp3) is 0.714. The quantitative estimate of drug-likeness (QED) is 0.522. The van der Waals surface area contributed by atoms with E-state index in [-0.39, 0.29) is 6.61 Å². The topological polar surface area (TPSA) is 110 Å². The van der Waals surface area contributed by atoms with E-state index in [0.29, 0.717) is 5.90 Å². The van der Waals surface area contributed by atoms with Gasteiger partial charge in [-0.25, -0.2) is 4.99 Å². The fourth-order valence-electron chi connectivity index (χ4n) is 2.53. The molecule has 0 aromatic rings. The standard InChI is InChI=1S/C14H19NO8/c1-6-15-11-13(22-9(4)18)12(21-8(3)17)10(5-19-7(2)16)23-14(11)20-6/h10-14H,5H2,1-4H3/t10-,11-,12-,13+,14-/m1/s1. The van der Waals surface area contributed by atoms with Crippen LogP contribution in [0.1, 0.15) is 27.7 Å². The van der Waals surface area contributed by atoms with E-state index >= 15 is 0 Å². The van der Waals surface area contributed by atoms with Crippen molar-refractivity contribution in [3.05, 3.63) is 0 Å². The second kappa shape index (κ2) is 6.95. The molecule has 0 N–H and O–H groups in total. The predicted octanol–water partition coefficient (Wildman–Crippen LogP) is -0.0450. The summed E-state index contributed by atoms with van der Waals surface area (Å²) in [4.78, 5) is 38.1. The molecular weight excluding hydrogens is 310 g/mol. The average Bonchev–Trinajstić information content (AvgIpc) is 2.78. The highest BCUT2D eigenvalue weighted by atomic mass is 16.7. The first kappa shape index (κ1) is 17.2. The van der Waals surface area contributed by atoms with Crippen molar-refractivity contribution in [1.29, 1.82) is 0 Å². The zero-order valence-electron chi connectivity index (χ0n) is 13.3. The smallest absolute Gasteiger partial charge is 0.303 e. The molecule has 2 heterocycles. The first-order chi connectivity index (χ1) is 10.8. The van der Waals surface area contributed by atoms with Crippen molar-refractivity contribution in [2.24, 2.45) is 4.99 Å². The number of fused-ring (bicyclic) bond motifs is 1. The van der Waals surface area contributed by atoms with Crippen molar-refractivity contribution in [3.63, 3.8) is 0 Å². The Kier molecular flexibility index (Phi) is 5.19. The van der Waals surface area contributed by atoms with Crippen LogP contribution in [0.2, 0.25) is 0 Å². The summed E-state index contributed by atoms with van der Waals surface area (Å²) in [5, 5.41) is 0. The van der Waals surface area contributed by atoms with Crippen LogP contribution in [0.4, 0.5) is 0 Å². The molecule has 128 valence electrons. The van der Waals surface area contributed by atoms with Gasteiger partial charge in [-0.2, -0.15) is 0 Å². The van der Waals surface area contributed by atoms with E-state index in [9.17, 15) is 14.4 Å². The normalized spacial score (nSPS) is 32.2. The lowest BCUT2D eigenvalue weighted by atomic mass is 9.97. The van der Waals surface area contributed by atoms with E-state index in [0.717, 1.165) is 0 Å². The van der Waals surface area contributed by atoms with E-state index in [1.807, 2.05) is 0 Å². The lowest BCUT2D eigenvalue weighted by Gasteiger charge is -2.40. The van der Waals surface area contributed by atoms with Crippen LogP contribution in [0, 0.1) is 0 Å². The maximum Gasteiger partial charge on any atom is 0.303 e. The molecule has 2 aliphatic rings. The van der Waals surface area contributed by atoms with Crippen molar-refractivity contribution in [2.45, 2.75) is 58.3 Å². The first-order valence-electron chi connectivity index (χ1n) is 7.12.